The SMILES string of the molecule is COc1ccccc1N1CCN(C(=O)Cc2noc(C)n2)CC1. The van der Waals surface area contributed by atoms with Gasteiger partial charge in [-0.1, -0.05) is 17.3 Å². The van der Waals surface area contributed by atoms with Crippen LogP contribution in [-0.4, -0.2) is 54.2 Å². The van der Waals surface area contributed by atoms with Crippen molar-refractivity contribution >= 4 is 11.6 Å². The number of anilines is 1. The molecule has 0 unspecified atom stereocenters. The number of hydrogen-bond donors (Lipinski definition) is 0. The first-order valence-corrected chi connectivity index (χ1v) is 7.62. The smallest absolute Gasteiger partial charge is 0.230 e. The van der Waals surface area contributed by atoms with Gasteiger partial charge in [0.15, 0.2) is 5.82 Å². The molecule has 0 spiro atoms. The van der Waals surface area contributed by atoms with Crippen molar-refractivity contribution in [2.24, 2.45) is 0 Å². The lowest BCUT2D eigenvalue weighted by atomic mass is 10.2. The minimum Gasteiger partial charge on any atom is -0.495 e. The molecule has 1 aliphatic rings. The van der Waals surface area contributed by atoms with Crippen LogP contribution in [0.25, 0.3) is 0 Å². The zero-order chi connectivity index (χ0) is 16.2. The number of methoxy groups -OCH3 is 1. The van der Waals surface area contributed by atoms with Gasteiger partial charge < -0.3 is 19.1 Å². The molecule has 0 N–H and O–H groups in total. The van der Waals surface area contributed by atoms with Crippen molar-refractivity contribution in [2.75, 3.05) is 38.2 Å². The Morgan fingerprint density at radius 2 is 2.00 bits per heavy atom. The Balaban J connectivity index is 1.58. The fourth-order valence-corrected chi connectivity index (χ4v) is 2.75. The molecule has 23 heavy (non-hydrogen) atoms. The Hall–Kier alpha value is -2.57. The third kappa shape index (κ3) is 3.44. The van der Waals surface area contributed by atoms with Gasteiger partial charge in [-0.3, -0.25) is 4.79 Å². The number of hydrogen-bond acceptors (Lipinski definition) is 6. The van der Waals surface area contributed by atoms with E-state index in [1.54, 1.807) is 14.0 Å². The highest BCUT2D eigenvalue weighted by Crippen LogP contribution is 2.28. The van der Waals surface area contributed by atoms with Gasteiger partial charge in [-0.15, -0.1) is 0 Å². The standard InChI is InChI=1S/C16H20N4O3/c1-12-17-15(18-23-12)11-16(21)20-9-7-19(8-10-20)13-5-3-4-6-14(13)22-2/h3-6H,7-11H2,1-2H3. The summed E-state index contributed by atoms with van der Waals surface area (Å²) in [6, 6.07) is 7.94. The van der Waals surface area contributed by atoms with E-state index in [1.807, 2.05) is 29.2 Å². The molecule has 0 bridgehead atoms. The van der Waals surface area contributed by atoms with Gasteiger partial charge in [0.25, 0.3) is 0 Å². The van der Waals surface area contributed by atoms with Gasteiger partial charge in [-0.2, -0.15) is 4.98 Å². The fraction of sp³-hybridized carbons (Fsp3) is 0.438. The van der Waals surface area contributed by atoms with E-state index >= 15 is 0 Å². The molecule has 7 heteroatoms. The second-order valence-corrected chi connectivity index (χ2v) is 5.45. The molecule has 2 aromatic rings. The predicted molar refractivity (Wildman–Crippen MR) is 84.5 cm³/mol. The molecule has 1 aliphatic heterocycles. The molecular weight excluding hydrogens is 296 g/mol. The van der Waals surface area contributed by atoms with Crippen LogP contribution in [0.4, 0.5) is 5.69 Å². The second-order valence-electron chi connectivity index (χ2n) is 5.45. The van der Waals surface area contributed by atoms with E-state index in [-0.39, 0.29) is 12.3 Å². The molecule has 1 amide bonds. The van der Waals surface area contributed by atoms with Gasteiger partial charge in [-0.25, -0.2) is 0 Å². The Labute approximate surface area is 134 Å². The van der Waals surface area contributed by atoms with Crippen LogP contribution in [-0.2, 0) is 11.2 Å². The first-order chi connectivity index (χ1) is 11.2. The Kier molecular flexibility index (Phi) is 4.45. The van der Waals surface area contributed by atoms with Gasteiger partial charge in [0, 0.05) is 33.1 Å². The van der Waals surface area contributed by atoms with Crippen molar-refractivity contribution in [1.29, 1.82) is 0 Å². The number of aromatic nitrogens is 2. The topological polar surface area (TPSA) is 71.7 Å². The predicted octanol–water partition coefficient (Wildman–Crippen LogP) is 1.28. The summed E-state index contributed by atoms with van der Waals surface area (Å²) < 4.78 is 10.3. The van der Waals surface area contributed by atoms with Crippen LogP contribution in [0.15, 0.2) is 28.8 Å². The average Bonchev–Trinajstić information content (AvgIpc) is 3.00. The summed E-state index contributed by atoms with van der Waals surface area (Å²) in [5.74, 6) is 1.81. The molecule has 122 valence electrons. The third-order valence-corrected chi connectivity index (χ3v) is 3.94. The van der Waals surface area contributed by atoms with Crippen LogP contribution < -0.4 is 9.64 Å². The Morgan fingerprint density at radius 1 is 1.26 bits per heavy atom. The van der Waals surface area contributed by atoms with E-state index in [2.05, 4.69) is 15.0 Å². The maximum atomic E-state index is 12.3. The van der Waals surface area contributed by atoms with Crippen molar-refractivity contribution < 1.29 is 14.1 Å². The molecule has 2 heterocycles. The van der Waals surface area contributed by atoms with E-state index in [0.29, 0.717) is 24.8 Å². The number of nitrogens with zero attached hydrogens (tertiary/aromatic N) is 4. The number of carbonyl (C=O) groups is 1. The minimum atomic E-state index is 0.0328. The molecule has 0 radical (unpaired) electrons. The number of aryl methyl sites for hydroxylation is 1. The van der Waals surface area contributed by atoms with Crippen LogP contribution in [0.3, 0.4) is 0 Å². The van der Waals surface area contributed by atoms with E-state index < -0.39 is 0 Å². The van der Waals surface area contributed by atoms with Gasteiger partial charge in [-0.05, 0) is 12.1 Å². The number of piperazine rings is 1. The van der Waals surface area contributed by atoms with E-state index in [0.717, 1.165) is 24.5 Å². The van der Waals surface area contributed by atoms with Crippen LogP contribution >= 0.6 is 0 Å². The Morgan fingerprint density at radius 3 is 2.65 bits per heavy atom. The first-order valence-electron chi connectivity index (χ1n) is 7.62. The number of para-hydroxylation sites is 2. The maximum absolute atomic E-state index is 12.3. The van der Waals surface area contributed by atoms with Crippen LogP contribution in [0.1, 0.15) is 11.7 Å². The minimum absolute atomic E-state index is 0.0328. The van der Waals surface area contributed by atoms with Gasteiger partial charge in [0.05, 0.1) is 19.2 Å². The van der Waals surface area contributed by atoms with Crippen LogP contribution in [0, 0.1) is 6.92 Å². The van der Waals surface area contributed by atoms with Gasteiger partial charge in [0.1, 0.15) is 5.75 Å². The average molecular weight is 316 g/mol. The highest BCUT2D eigenvalue weighted by Gasteiger charge is 2.23. The van der Waals surface area contributed by atoms with Crippen molar-refractivity contribution in [2.45, 2.75) is 13.3 Å². The summed E-state index contributed by atoms with van der Waals surface area (Å²) in [6.45, 7) is 4.61. The summed E-state index contributed by atoms with van der Waals surface area (Å²) in [6.07, 6.45) is 0.187. The van der Waals surface area contributed by atoms with Crippen molar-refractivity contribution in [3.05, 3.63) is 36.0 Å². The molecule has 1 fully saturated rings. The molecular formula is C16H20N4O3. The summed E-state index contributed by atoms with van der Waals surface area (Å²) in [5.41, 5.74) is 1.07. The number of amides is 1. The van der Waals surface area contributed by atoms with E-state index in [9.17, 15) is 4.79 Å². The van der Waals surface area contributed by atoms with E-state index in [4.69, 9.17) is 9.26 Å². The zero-order valence-electron chi connectivity index (χ0n) is 13.4. The largest absolute Gasteiger partial charge is 0.495 e. The lowest BCUT2D eigenvalue weighted by Crippen LogP contribution is -2.49. The van der Waals surface area contributed by atoms with Gasteiger partial charge in [0.2, 0.25) is 11.8 Å². The molecule has 7 nitrogen and oxygen atoms in total. The lowest BCUT2D eigenvalue weighted by molar-refractivity contribution is -0.130. The highest BCUT2D eigenvalue weighted by molar-refractivity contribution is 5.78. The first kappa shape index (κ1) is 15.3. The van der Waals surface area contributed by atoms with Crippen molar-refractivity contribution in [3.8, 4) is 5.75 Å². The highest BCUT2D eigenvalue weighted by atomic mass is 16.5. The summed E-state index contributed by atoms with van der Waals surface area (Å²) in [7, 11) is 1.67. The van der Waals surface area contributed by atoms with Crippen LogP contribution in [0.5, 0.6) is 5.75 Å². The normalized spacial score (nSPS) is 14.9. The molecule has 0 aliphatic carbocycles. The molecule has 3 rings (SSSR count). The quantitative estimate of drug-likeness (QED) is 0.846. The lowest BCUT2D eigenvalue weighted by Gasteiger charge is -2.36. The zero-order valence-corrected chi connectivity index (χ0v) is 13.4. The summed E-state index contributed by atoms with van der Waals surface area (Å²) in [4.78, 5) is 20.5. The summed E-state index contributed by atoms with van der Waals surface area (Å²) in [5, 5.41) is 3.78. The molecule has 1 aromatic carbocycles. The Bertz CT molecular complexity index is 677. The fourth-order valence-electron chi connectivity index (χ4n) is 2.75. The monoisotopic (exact) mass is 316 g/mol. The number of ether oxygens (including phenoxy) is 1. The number of rotatable bonds is 4. The molecule has 0 saturated carbocycles. The van der Waals surface area contributed by atoms with Crippen molar-refractivity contribution in [3.63, 3.8) is 0 Å². The molecule has 1 aromatic heterocycles. The van der Waals surface area contributed by atoms with Gasteiger partial charge >= 0.3 is 0 Å². The molecule has 0 atom stereocenters. The second kappa shape index (κ2) is 6.68. The number of carbonyl (C=O) groups excluding carboxylic acids is 1. The van der Waals surface area contributed by atoms with E-state index in [1.165, 1.54) is 0 Å². The van der Waals surface area contributed by atoms with Crippen molar-refractivity contribution in [1.82, 2.24) is 15.0 Å². The maximum Gasteiger partial charge on any atom is 0.230 e. The molecule has 1 saturated heterocycles. The third-order valence-electron chi connectivity index (χ3n) is 3.94. The number of benzene rings is 1. The summed E-state index contributed by atoms with van der Waals surface area (Å²) >= 11 is 0. The van der Waals surface area contributed by atoms with Crippen LogP contribution in [0.2, 0.25) is 0 Å².